The second-order valence-corrected chi connectivity index (χ2v) is 3.70. The predicted molar refractivity (Wildman–Crippen MR) is 48.9 cm³/mol. The van der Waals surface area contributed by atoms with Crippen LogP contribution in [0, 0.1) is 5.82 Å². The van der Waals surface area contributed by atoms with Crippen molar-refractivity contribution >= 4 is 21.7 Å². The van der Waals surface area contributed by atoms with Crippen LogP contribution in [0.2, 0.25) is 0 Å². The molecule has 15 heavy (non-hydrogen) atoms. The van der Waals surface area contributed by atoms with Gasteiger partial charge in [0.1, 0.15) is 5.82 Å². The van der Waals surface area contributed by atoms with Gasteiger partial charge in [-0.2, -0.15) is 13.2 Å². The molecule has 6 heteroatoms. The van der Waals surface area contributed by atoms with E-state index < -0.39 is 24.2 Å². The molecular formula is C9H5BrF4O. The van der Waals surface area contributed by atoms with Crippen LogP contribution in [0.4, 0.5) is 17.6 Å². The minimum Gasteiger partial charge on any atom is -0.289 e. The zero-order valence-corrected chi connectivity index (χ0v) is 8.82. The molecule has 0 heterocycles. The van der Waals surface area contributed by atoms with Crippen LogP contribution in [0.5, 0.6) is 0 Å². The SMILES string of the molecule is O=C(Cc1ccc(F)c(Br)c1)C(F)(F)F. The molecule has 1 aromatic carbocycles. The maximum absolute atomic E-state index is 12.7. The van der Waals surface area contributed by atoms with E-state index in [0.717, 1.165) is 18.2 Å². The summed E-state index contributed by atoms with van der Waals surface area (Å²) < 4.78 is 48.4. The second kappa shape index (κ2) is 4.30. The number of alkyl halides is 3. The van der Waals surface area contributed by atoms with E-state index in [1.54, 1.807) is 0 Å². The lowest BCUT2D eigenvalue weighted by atomic mass is 10.1. The van der Waals surface area contributed by atoms with Crippen molar-refractivity contribution < 1.29 is 22.4 Å². The van der Waals surface area contributed by atoms with Crippen molar-refractivity contribution in [3.63, 3.8) is 0 Å². The smallest absolute Gasteiger partial charge is 0.289 e. The molecule has 0 saturated carbocycles. The monoisotopic (exact) mass is 284 g/mol. The normalized spacial score (nSPS) is 11.5. The van der Waals surface area contributed by atoms with Gasteiger partial charge in [-0.1, -0.05) is 6.07 Å². The van der Waals surface area contributed by atoms with Crippen LogP contribution in [-0.2, 0) is 11.2 Å². The van der Waals surface area contributed by atoms with Crippen LogP contribution in [0.3, 0.4) is 0 Å². The fraction of sp³-hybridized carbons (Fsp3) is 0.222. The molecule has 0 unspecified atom stereocenters. The Morgan fingerprint density at radius 2 is 1.93 bits per heavy atom. The van der Waals surface area contributed by atoms with E-state index in [2.05, 4.69) is 15.9 Å². The number of ketones is 1. The van der Waals surface area contributed by atoms with E-state index in [1.807, 2.05) is 0 Å². The summed E-state index contributed by atoms with van der Waals surface area (Å²) in [5.41, 5.74) is 0.116. The Kier molecular flexibility index (Phi) is 3.49. The van der Waals surface area contributed by atoms with E-state index in [4.69, 9.17) is 0 Å². The summed E-state index contributed by atoms with van der Waals surface area (Å²) in [6.07, 6.45) is -5.62. The molecule has 1 aromatic rings. The van der Waals surface area contributed by atoms with Crippen molar-refractivity contribution in [2.45, 2.75) is 12.6 Å². The van der Waals surface area contributed by atoms with Gasteiger partial charge in [-0.25, -0.2) is 4.39 Å². The van der Waals surface area contributed by atoms with Gasteiger partial charge in [0.05, 0.1) is 4.47 Å². The molecule has 0 aliphatic carbocycles. The Labute approximate surface area is 91.2 Å². The van der Waals surface area contributed by atoms with E-state index in [1.165, 1.54) is 0 Å². The lowest BCUT2D eigenvalue weighted by molar-refractivity contribution is -0.170. The van der Waals surface area contributed by atoms with Gasteiger partial charge >= 0.3 is 6.18 Å². The summed E-state index contributed by atoms with van der Waals surface area (Å²) in [7, 11) is 0. The first-order valence-corrected chi connectivity index (χ1v) is 4.64. The van der Waals surface area contributed by atoms with Gasteiger partial charge in [0.15, 0.2) is 0 Å². The average Bonchev–Trinajstić information content (AvgIpc) is 2.10. The molecule has 1 rings (SSSR count). The van der Waals surface area contributed by atoms with Crippen LogP contribution in [-0.4, -0.2) is 12.0 Å². The molecule has 0 bridgehead atoms. The van der Waals surface area contributed by atoms with Crippen molar-refractivity contribution in [3.05, 3.63) is 34.1 Å². The highest BCUT2D eigenvalue weighted by atomic mass is 79.9. The Balaban J connectivity index is 2.83. The number of carbonyl (C=O) groups is 1. The number of hydrogen-bond acceptors (Lipinski definition) is 1. The number of halogens is 5. The first-order chi connectivity index (χ1) is 6.80. The fourth-order valence-electron chi connectivity index (χ4n) is 0.935. The molecule has 0 amide bonds. The van der Waals surface area contributed by atoms with Crippen molar-refractivity contribution in [2.75, 3.05) is 0 Å². The Hall–Kier alpha value is -0.910. The standard InChI is InChI=1S/C9H5BrF4O/c10-6-3-5(1-2-7(6)11)4-8(15)9(12,13)14/h1-3H,4H2. The highest BCUT2D eigenvalue weighted by molar-refractivity contribution is 9.10. The van der Waals surface area contributed by atoms with Gasteiger partial charge in [0, 0.05) is 6.42 Å². The largest absolute Gasteiger partial charge is 0.450 e. The van der Waals surface area contributed by atoms with E-state index in [0.29, 0.717) is 0 Å². The maximum atomic E-state index is 12.7. The van der Waals surface area contributed by atoms with Crippen LogP contribution in [0.15, 0.2) is 22.7 Å². The number of hydrogen-bond donors (Lipinski definition) is 0. The lowest BCUT2D eigenvalue weighted by Gasteiger charge is -2.05. The van der Waals surface area contributed by atoms with Crippen LogP contribution < -0.4 is 0 Å². The van der Waals surface area contributed by atoms with Crippen molar-refractivity contribution in [2.24, 2.45) is 0 Å². The number of carbonyl (C=O) groups excluding carboxylic acids is 1. The Morgan fingerprint density at radius 1 is 1.33 bits per heavy atom. The third-order valence-corrected chi connectivity index (χ3v) is 2.27. The van der Waals surface area contributed by atoms with E-state index in [9.17, 15) is 22.4 Å². The first-order valence-electron chi connectivity index (χ1n) is 3.84. The molecule has 0 saturated heterocycles. The number of Topliss-reactive ketones (excluding diaryl/α,β-unsaturated/α-hetero) is 1. The van der Waals surface area contributed by atoms with Crippen molar-refractivity contribution in [1.82, 2.24) is 0 Å². The molecule has 0 atom stereocenters. The van der Waals surface area contributed by atoms with Crippen LogP contribution in [0.25, 0.3) is 0 Å². The number of benzene rings is 1. The van der Waals surface area contributed by atoms with Crippen molar-refractivity contribution in [3.8, 4) is 0 Å². The summed E-state index contributed by atoms with van der Waals surface area (Å²) in [5.74, 6) is -2.43. The third kappa shape index (κ3) is 3.30. The van der Waals surface area contributed by atoms with Gasteiger partial charge in [-0.05, 0) is 33.6 Å². The lowest BCUT2D eigenvalue weighted by Crippen LogP contribution is -2.24. The molecule has 0 N–H and O–H groups in total. The van der Waals surface area contributed by atoms with Gasteiger partial charge in [-0.3, -0.25) is 4.79 Å². The van der Waals surface area contributed by atoms with Gasteiger partial charge in [0.25, 0.3) is 0 Å². The molecule has 1 nitrogen and oxygen atoms in total. The quantitative estimate of drug-likeness (QED) is 0.762. The summed E-state index contributed by atoms with van der Waals surface area (Å²) in [6, 6.07) is 3.30. The number of rotatable bonds is 2. The summed E-state index contributed by atoms with van der Waals surface area (Å²) in [6.45, 7) is 0. The highest BCUT2D eigenvalue weighted by Gasteiger charge is 2.37. The maximum Gasteiger partial charge on any atom is 0.450 e. The van der Waals surface area contributed by atoms with Gasteiger partial charge in [-0.15, -0.1) is 0 Å². The van der Waals surface area contributed by atoms with Crippen LogP contribution >= 0.6 is 15.9 Å². The minimum absolute atomic E-state index is 0.0370. The summed E-state index contributed by atoms with van der Waals surface area (Å²) in [5, 5.41) is 0. The fourth-order valence-corrected chi connectivity index (χ4v) is 1.36. The van der Waals surface area contributed by atoms with Crippen LogP contribution in [0.1, 0.15) is 5.56 Å². The molecule has 0 spiro atoms. The van der Waals surface area contributed by atoms with E-state index in [-0.39, 0.29) is 10.0 Å². The topological polar surface area (TPSA) is 17.1 Å². The summed E-state index contributed by atoms with van der Waals surface area (Å²) in [4.78, 5) is 10.6. The molecule has 0 aliphatic rings. The molecule has 82 valence electrons. The third-order valence-electron chi connectivity index (χ3n) is 1.66. The average molecular weight is 285 g/mol. The predicted octanol–water partition coefficient (Wildman–Crippen LogP) is 3.26. The zero-order chi connectivity index (χ0) is 11.6. The Morgan fingerprint density at radius 3 is 2.40 bits per heavy atom. The molecule has 0 aromatic heterocycles. The molecule has 0 aliphatic heterocycles. The minimum atomic E-state index is -4.85. The van der Waals surface area contributed by atoms with Crippen molar-refractivity contribution in [1.29, 1.82) is 0 Å². The van der Waals surface area contributed by atoms with Gasteiger partial charge < -0.3 is 0 Å². The van der Waals surface area contributed by atoms with Gasteiger partial charge in [0.2, 0.25) is 5.78 Å². The first kappa shape index (κ1) is 12.2. The van der Waals surface area contributed by atoms with E-state index >= 15 is 0 Å². The second-order valence-electron chi connectivity index (χ2n) is 2.85. The highest BCUT2D eigenvalue weighted by Crippen LogP contribution is 2.21. The zero-order valence-electron chi connectivity index (χ0n) is 7.24. The Bertz CT molecular complexity index is 386. The molecular weight excluding hydrogens is 280 g/mol. The molecule has 0 fully saturated rings. The molecule has 0 radical (unpaired) electrons. The summed E-state index contributed by atoms with van der Waals surface area (Å²) >= 11 is 2.82.